The molecule has 3 aromatic carbocycles. The van der Waals surface area contributed by atoms with Gasteiger partial charge in [0, 0.05) is 11.1 Å². The molecule has 0 radical (unpaired) electrons. The molecule has 1 heterocycles. The van der Waals surface area contributed by atoms with Gasteiger partial charge >= 0.3 is 5.97 Å². The van der Waals surface area contributed by atoms with Crippen LogP contribution in [0.1, 0.15) is 17.5 Å². The average Bonchev–Trinajstić information content (AvgIpc) is 3.13. The first-order valence-corrected chi connectivity index (χ1v) is 8.22. The first-order chi connectivity index (χ1) is 12.7. The molecule has 0 saturated heterocycles. The first-order valence-electron chi connectivity index (χ1n) is 8.22. The summed E-state index contributed by atoms with van der Waals surface area (Å²) >= 11 is 0. The second-order valence-corrected chi connectivity index (χ2v) is 6.13. The maximum absolute atomic E-state index is 14.4. The summed E-state index contributed by atoms with van der Waals surface area (Å²) in [5.74, 6) is -1.21. The quantitative estimate of drug-likeness (QED) is 0.667. The summed E-state index contributed by atoms with van der Waals surface area (Å²) in [6, 6.07) is 19.7. The molecule has 5 heteroatoms. The van der Waals surface area contributed by atoms with E-state index in [0.29, 0.717) is 5.71 Å². The van der Waals surface area contributed by atoms with Gasteiger partial charge in [0.1, 0.15) is 5.82 Å². The van der Waals surface area contributed by atoms with Gasteiger partial charge in [0.2, 0.25) is 0 Å². The molecule has 1 unspecified atom stereocenters. The van der Waals surface area contributed by atoms with Gasteiger partial charge in [-0.1, -0.05) is 65.8 Å². The Hall–Kier alpha value is -3.21. The van der Waals surface area contributed by atoms with E-state index >= 15 is 0 Å². The number of fused-ring (bicyclic) bond motifs is 1. The van der Waals surface area contributed by atoms with Crippen LogP contribution in [0.2, 0.25) is 0 Å². The van der Waals surface area contributed by atoms with Crippen LogP contribution in [0, 0.1) is 5.82 Å². The van der Waals surface area contributed by atoms with E-state index in [1.807, 2.05) is 42.5 Å². The number of hydrogen-bond acceptors (Lipinski definition) is 4. The van der Waals surface area contributed by atoms with Crippen LogP contribution in [0.25, 0.3) is 10.8 Å². The number of ether oxygens (including phenoxy) is 1. The van der Waals surface area contributed by atoms with Crippen LogP contribution in [-0.4, -0.2) is 18.8 Å². The Morgan fingerprint density at radius 1 is 1.08 bits per heavy atom. The van der Waals surface area contributed by atoms with Crippen LogP contribution in [0.4, 0.5) is 4.39 Å². The van der Waals surface area contributed by atoms with Crippen LogP contribution in [0.15, 0.2) is 71.9 Å². The lowest BCUT2D eigenvalue weighted by Gasteiger charge is -2.24. The molecule has 26 heavy (non-hydrogen) atoms. The van der Waals surface area contributed by atoms with Crippen molar-refractivity contribution in [1.82, 2.24) is 0 Å². The number of oxime groups is 1. The minimum absolute atomic E-state index is 0.0919. The molecule has 130 valence electrons. The highest BCUT2D eigenvalue weighted by molar-refractivity contribution is 6.13. The van der Waals surface area contributed by atoms with E-state index in [0.717, 1.165) is 16.3 Å². The molecule has 0 saturated carbocycles. The summed E-state index contributed by atoms with van der Waals surface area (Å²) in [6.45, 7) is 0. The molecule has 3 aromatic rings. The van der Waals surface area contributed by atoms with Crippen molar-refractivity contribution in [2.24, 2.45) is 5.16 Å². The number of rotatable bonds is 3. The molecule has 0 spiro atoms. The second kappa shape index (κ2) is 6.26. The summed E-state index contributed by atoms with van der Waals surface area (Å²) in [7, 11) is 1.25. The Morgan fingerprint density at radius 3 is 2.62 bits per heavy atom. The topological polar surface area (TPSA) is 47.9 Å². The van der Waals surface area contributed by atoms with Crippen molar-refractivity contribution in [2.45, 2.75) is 12.0 Å². The molecule has 4 rings (SSSR count). The highest BCUT2D eigenvalue weighted by atomic mass is 19.1. The number of nitrogens with zero attached hydrogens (tertiary/aromatic N) is 1. The molecule has 1 aliphatic rings. The summed E-state index contributed by atoms with van der Waals surface area (Å²) in [4.78, 5) is 18.1. The first kappa shape index (κ1) is 16.3. The number of carbonyl (C=O) groups excluding carboxylic acids is 1. The minimum Gasteiger partial charge on any atom is -0.466 e. The van der Waals surface area contributed by atoms with E-state index in [4.69, 9.17) is 9.57 Å². The Bertz CT molecular complexity index is 1030. The van der Waals surface area contributed by atoms with Crippen molar-refractivity contribution in [1.29, 1.82) is 0 Å². The zero-order chi connectivity index (χ0) is 18.1. The van der Waals surface area contributed by atoms with Crippen molar-refractivity contribution in [3.8, 4) is 0 Å². The highest BCUT2D eigenvalue weighted by Crippen LogP contribution is 2.39. The molecule has 0 N–H and O–H groups in total. The monoisotopic (exact) mass is 349 g/mol. The third kappa shape index (κ3) is 2.44. The lowest BCUT2D eigenvalue weighted by molar-refractivity contribution is -0.168. The fraction of sp³-hybridized carbons (Fsp3) is 0.143. The summed E-state index contributed by atoms with van der Waals surface area (Å²) in [5.41, 5.74) is -0.0710. The Kier molecular flexibility index (Phi) is 3.92. The number of hydrogen-bond donors (Lipinski definition) is 0. The molecular formula is C21H16FNO3. The van der Waals surface area contributed by atoms with Gasteiger partial charge in [-0.2, -0.15) is 0 Å². The third-order valence-corrected chi connectivity index (χ3v) is 4.65. The van der Waals surface area contributed by atoms with Crippen molar-refractivity contribution in [3.63, 3.8) is 0 Å². The summed E-state index contributed by atoms with van der Waals surface area (Å²) < 4.78 is 19.3. The second-order valence-electron chi connectivity index (χ2n) is 6.13. The van der Waals surface area contributed by atoms with Gasteiger partial charge < -0.3 is 9.57 Å². The fourth-order valence-electron chi connectivity index (χ4n) is 3.37. The van der Waals surface area contributed by atoms with E-state index < -0.39 is 17.4 Å². The Balaban J connectivity index is 1.81. The van der Waals surface area contributed by atoms with Gasteiger partial charge in [-0.3, -0.25) is 0 Å². The number of methoxy groups -OCH3 is 1. The van der Waals surface area contributed by atoms with E-state index in [2.05, 4.69) is 5.16 Å². The number of benzene rings is 3. The van der Waals surface area contributed by atoms with Gasteiger partial charge in [0.05, 0.1) is 19.2 Å². The molecule has 1 aliphatic heterocycles. The number of esters is 1. The number of halogens is 1. The molecule has 0 fully saturated rings. The highest BCUT2D eigenvalue weighted by Gasteiger charge is 2.51. The standard InChI is InChI=1S/C21H16FNO3/c1-25-20(24)21(17-11-4-5-12-18(17)22)13-19(23-26-21)16-10-6-8-14-7-2-3-9-15(14)16/h2-12H,13H2,1H3. The van der Waals surface area contributed by atoms with Crippen LogP contribution in [0.5, 0.6) is 0 Å². The summed E-state index contributed by atoms with van der Waals surface area (Å²) in [5, 5.41) is 6.19. The van der Waals surface area contributed by atoms with Crippen LogP contribution in [-0.2, 0) is 20.0 Å². The van der Waals surface area contributed by atoms with Gasteiger partial charge in [-0.15, -0.1) is 0 Å². The average molecular weight is 349 g/mol. The normalized spacial score (nSPS) is 19.1. The van der Waals surface area contributed by atoms with Crippen LogP contribution < -0.4 is 0 Å². The molecule has 0 aromatic heterocycles. The molecule has 0 amide bonds. The zero-order valence-electron chi connectivity index (χ0n) is 14.1. The van der Waals surface area contributed by atoms with Gasteiger partial charge in [-0.05, 0) is 16.8 Å². The largest absolute Gasteiger partial charge is 0.466 e. The van der Waals surface area contributed by atoms with Gasteiger partial charge in [-0.25, -0.2) is 9.18 Å². The molecule has 1 atom stereocenters. The number of carbonyl (C=O) groups is 1. The summed E-state index contributed by atoms with van der Waals surface area (Å²) in [6.07, 6.45) is 0.0919. The van der Waals surface area contributed by atoms with Crippen LogP contribution in [0.3, 0.4) is 0 Å². The van der Waals surface area contributed by atoms with Crippen LogP contribution >= 0.6 is 0 Å². The Morgan fingerprint density at radius 2 is 1.81 bits per heavy atom. The van der Waals surface area contributed by atoms with Gasteiger partial charge in [0.25, 0.3) is 5.60 Å². The maximum Gasteiger partial charge on any atom is 0.358 e. The molecule has 0 bridgehead atoms. The third-order valence-electron chi connectivity index (χ3n) is 4.65. The minimum atomic E-state index is -1.62. The lowest BCUT2D eigenvalue weighted by Crippen LogP contribution is -2.38. The van der Waals surface area contributed by atoms with Crippen molar-refractivity contribution in [3.05, 3.63) is 83.7 Å². The predicted octanol–water partition coefficient (Wildman–Crippen LogP) is 4.17. The van der Waals surface area contributed by atoms with E-state index in [-0.39, 0.29) is 12.0 Å². The molecular weight excluding hydrogens is 333 g/mol. The van der Waals surface area contributed by atoms with E-state index in [9.17, 15) is 9.18 Å². The van der Waals surface area contributed by atoms with Crippen molar-refractivity contribution < 1.29 is 18.8 Å². The Labute approximate surface area is 149 Å². The maximum atomic E-state index is 14.4. The van der Waals surface area contributed by atoms with E-state index in [1.54, 1.807) is 12.1 Å². The predicted molar refractivity (Wildman–Crippen MR) is 96.3 cm³/mol. The SMILES string of the molecule is COC(=O)C1(c2ccccc2F)CC(c2cccc3ccccc23)=NO1. The van der Waals surface area contributed by atoms with Gasteiger partial charge in [0.15, 0.2) is 0 Å². The zero-order valence-corrected chi connectivity index (χ0v) is 14.1. The lowest BCUT2D eigenvalue weighted by atomic mass is 9.86. The van der Waals surface area contributed by atoms with E-state index in [1.165, 1.54) is 19.2 Å². The molecule has 4 nitrogen and oxygen atoms in total. The van der Waals surface area contributed by atoms with Crippen molar-refractivity contribution in [2.75, 3.05) is 7.11 Å². The van der Waals surface area contributed by atoms with Crippen molar-refractivity contribution >= 4 is 22.5 Å². The fourth-order valence-corrected chi connectivity index (χ4v) is 3.37. The smallest absolute Gasteiger partial charge is 0.358 e. The molecule has 0 aliphatic carbocycles.